The van der Waals surface area contributed by atoms with Crippen molar-refractivity contribution in [3.8, 4) is 0 Å². The van der Waals surface area contributed by atoms with E-state index in [4.69, 9.17) is 9.47 Å². The monoisotopic (exact) mass is 330 g/mol. The fraction of sp³-hybridized carbons (Fsp3) is 0.278. The molecule has 0 unspecified atom stereocenters. The first-order chi connectivity index (χ1) is 11.7. The molecule has 1 amide bonds. The summed E-state index contributed by atoms with van der Waals surface area (Å²) in [5.74, 6) is -0.384. The van der Waals surface area contributed by atoms with Gasteiger partial charge in [-0.1, -0.05) is 30.3 Å². The summed E-state index contributed by atoms with van der Waals surface area (Å²) in [6, 6.07) is 13.9. The SMILES string of the molecule is COC1CN(c2ccc(NC(=O)OCc3ccccc3)cc2F)C1. The predicted octanol–water partition coefficient (Wildman–Crippen LogP) is 3.41. The van der Waals surface area contributed by atoms with Crippen molar-refractivity contribution in [2.24, 2.45) is 0 Å². The van der Waals surface area contributed by atoms with E-state index in [1.807, 2.05) is 35.2 Å². The molecule has 0 aromatic heterocycles. The van der Waals surface area contributed by atoms with Gasteiger partial charge in [-0.25, -0.2) is 9.18 Å². The van der Waals surface area contributed by atoms with Crippen LogP contribution < -0.4 is 10.2 Å². The summed E-state index contributed by atoms with van der Waals surface area (Å²) in [6.45, 7) is 1.50. The molecule has 6 heteroatoms. The second kappa shape index (κ2) is 7.31. The second-order valence-corrected chi connectivity index (χ2v) is 5.62. The fourth-order valence-corrected chi connectivity index (χ4v) is 2.50. The molecular weight excluding hydrogens is 311 g/mol. The third-order valence-electron chi connectivity index (χ3n) is 3.93. The third kappa shape index (κ3) is 3.83. The number of anilines is 2. The van der Waals surface area contributed by atoms with Crippen LogP contribution in [0.1, 0.15) is 5.56 Å². The van der Waals surface area contributed by atoms with E-state index in [0.29, 0.717) is 24.5 Å². The number of benzene rings is 2. The van der Waals surface area contributed by atoms with Crippen molar-refractivity contribution in [2.45, 2.75) is 12.7 Å². The highest BCUT2D eigenvalue weighted by Gasteiger charge is 2.28. The third-order valence-corrected chi connectivity index (χ3v) is 3.93. The van der Waals surface area contributed by atoms with Crippen LogP contribution in [-0.2, 0) is 16.1 Å². The van der Waals surface area contributed by atoms with Gasteiger partial charge in [-0.05, 0) is 23.8 Å². The van der Waals surface area contributed by atoms with Gasteiger partial charge in [0.05, 0.1) is 11.8 Å². The normalized spacial score (nSPS) is 14.2. The molecule has 0 spiro atoms. The Labute approximate surface area is 140 Å². The van der Waals surface area contributed by atoms with Gasteiger partial charge in [-0.2, -0.15) is 0 Å². The average molecular weight is 330 g/mol. The molecule has 126 valence electrons. The zero-order valence-electron chi connectivity index (χ0n) is 13.4. The number of methoxy groups -OCH3 is 1. The number of ether oxygens (including phenoxy) is 2. The molecule has 1 fully saturated rings. The Hall–Kier alpha value is -2.60. The molecule has 3 rings (SSSR count). The summed E-state index contributed by atoms with van der Waals surface area (Å²) >= 11 is 0. The molecule has 24 heavy (non-hydrogen) atoms. The van der Waals surface area contributed by atoms with Crippen molar-refractivity contribution in [3.05, 3.63) is 59.9 Å². The quantitative estimate of drug-likeness (QED) is 0.913. The minimum absolute atomic E-state index is 0.148. The number of amides is 1. The van der Waals surface area contributed by atoms with Crippen molar-refractivity contribution in [1.82, 2.24) is 0 Å². The number of carbonyl (C=O) groups excluding carboxylic acids is 1. The van der Waals surface area contributed by atoms with Gasteiger partial charge in [0.2, 0.25) is 0 Å². The average Bonchev–Trinajstić information content (AvgIpc) is 2.55. The fourth-order valence-electron chi connectivity index (χ4n) is 2.50. The van der Waals surface area contributed by atoms with Crippen LogP contribution in [0, 0.1) is 5.82 Å². The Kier molecular flexibility index (Phi) is 4.96. The largest absolute Gasteiger partial charge is 0.444 e. The number of nitrogens with one attached hydrogen (secondary N) is 1. The standard InChI is InChI=1S/C18H19FN2O3/c1-23-15-10-21(11-15)17-8-7-14(9-16(17)19)20-18(22)24-12-13-5-3-2-4-6-13/h2-9,15H,10-12H2,1H3,(H,20,22). The van der Waals surface area contributed by atoms with E-state index < -0.39 is 6.09 Å². The summed E-state index contributed by atoms with van der Waals surface area (Å²) in [5.41, 5.74) is 1.75. The van der Waals surface area contributed by atoms with Crippen LogP contribution in [0.4, 0.5) is 20.6 Å². The van der Waals surface area contributed by atoms with Gasteiger partial charge < -0.3 is 14.4 Å². The minimum Gasteiger partial charge on any atom is -0.444 e. The lowest BCUT2D eigenvalue weighted by molar-refractivity contribution is 0.0784. The lowest BCUT2D eigenvalue weighted by Gasteiger charge is -2.40. The van der Waals surface area contributed by atoms with E-state index in [-0.39, 0.29) is 18.5 Å². The van der Waals surface area contributed by atoms with Crippen LogP contribution in [0.2, 0.25) is 0 Å². The van der Waals surface area contributed by atoms with Gasteiger partial charge in [0.15, 0.2) is 0 Å². The summed E-state index contributed by atoms with van der Waals surface area (Å²) in [5, 5.41) is 2.53. The van der Waals surface area contributed by atoms with Crippen LogP contribution in [-0.4, -0.2) is 32.4 Å². The van der Waals surface area contributed by atoms with Crippen LogP contribution in [0.3, 0.4) is 0 Å². The van der Waals surface area contributed by atoms with Crippen molar-refractivity contribution < 1.29 is 18.7 Å². The molecule has 0 atom stereocenters. The Morgan fingerprint density at radius 2 is 2.00 bits per heavy atom. The lowest BCUT2D eigenvalue weighted by atomic mass is 10.1. The molecule has 1 saturated heterocycles. The molecule has 1 aliphatic heterocycles. The van der Waals surface area contributed by atoms with E-state index in [1.54, 1.807) is 19.2 Å². The van der Waals surface area contributed by atoms with Gasteiger partial charge >= 0.3 is 6.09 Å². The van der Waals surface area contributed by atoms with Crippen LogP contribution in [0.25, 0.3) is 0 Å². The minimum atomic E-state index is -0.616. The molecule has 0 saturated carbocycles. The number of carbonyl (C=O) groups is 1. The van der Waals surface area contributed by atoms with Crippen molar-refractivity contribution in [2.75, 3.05) is 30.4 Å². The first-order valence-corrected chi connectivity index (χ1v) is 7.70. The molecule has 2 aromatic rings. The molecule has 2 aromatic carbocycles. The molecule has 0 bridgehead atoms. The van der Waals surface area contributed by atoms with E-state index in [1.165, 1.54) is 6.07 Å². The molecular formula is C18H19FN2O3. The van der Waals surface area contributed by atoms with Crippen molar-refractivity contribution in [1.29, 1.82) is 0 Å². The van der Waals surface area contributed by atoms with E-state index in [2.05, 4.69) is 5.32 Å². The van der Waals surface area contributed by atoms with Gasteiger partial charge in [0.25, 0.3) is 0 Å². The maximum absolute atomic E-state index is 14.2. The lowest BCUT2D eigenvalue weighted by Crippen LogP contribution is -2.52. The predicted molar refractivity (Wildman–Crippen MR) is 89.7 cm³/mol. The number of hydrogen-bond acceptors (Lipinski definition) is 4. The van der Waals surface area contributed by atoms with E-state index >= 15 is 0 Å². The molecule has 0 radical (unpaired) electrons. The van der Waals surface area contributed by atoms with Crippen LogP contribution in [0.5, 0.6) is 0 Å². The molecule has 5 nitrogen and oxygen atoms in total. The number of rotatable bonds is 5. The second-order valence-electron chi connectivity index (χ2n) is 5.62. The van der Waals surface area contributed by atoms with Gasteiger partial charge in [-0.15, -0.1) is 0 Å². The highest BCUT2D eigenvalue weighted by molar-refractivity contribution is 5.85. The Balaban J connectivity index is 1.53. The first kappa shape index (κ1) is 16.3. The first-order valence-electron chi connectivity index (χ1n) is 7.70. The van der Waals surface area contributed by atoms with Crippen LogP contribution >= 0.6 is 0 Å². The highest BCUT2D eigenvalue weighted by Crippen LogP contribution is 2.27. The summed E-state index contributed by atoms with van der Waals surface area (Å²) in [7, 11) is 1.65. The van der Waals surface area contributed by atoms with E-state index in [9.17, 15) is 9.18 Å². The number of hydrogen-bond donors (Lipinski definition) is 1. The van der Waals surface area contributed by atoms with E-state index in [0.717, 1.165) is 5.56 Å². The maximum Gasteiger partial charge on any atom is 0.411 e. The maximum atomic E-state index is 14.2. The zero-order chi connectivity index (χ0) is 16.9. The zero-order valence-corrected chi connectivity index (χ0v) is 13.4. The molecule has 1 aliphatic rings. The van der Waals surface area contributed by atoms with Crippen molar-refractivity contribution in [3.63, 3.8) is 0 Å². The van der Waals surface area contributed by atoms with Crippen molar-refractivity contribution >= 4 is 17.5 Å². The smallest absolute Gasteiger partial charge is 0.411 e. The summed E-state index contributed by atoms with van der Waals surface area (Å²) in [6.07, 6.45) is -0.468. The molecule has 0 aliphatic carbocycles. The Bertz CT molecular complexity index is 703. The Morgan fingerprint density at radius 3 is 2.67 bits per heavy atom. The van der Waals surface area contributed by atoms with Gasteiger partial charge in [-0.3, -0.25) is 5.32 Å². The van der Waals surface area contributed by atoms with Crippen LogP contribution in [0.15, 0.2) is 48.5 Å². The molecule has 1 heterocycles. The molecule has 1 N–H and O–H groups in total. The van der Waals surface area contributed by atoms with Gasteiger partial charge in [0.1, 0.15) is 12.4 Å². The number of halogens is 1. The highest BCUT2D eigenvalue weighted by atomic mass is 19.1. The Morgan fingerprint density at radius 1 is 1.25 bits per heavy atom. The topological polar surface area (TPSA) is 50.8 Å². The number of nitrogens with zero attached hydrogens (tertiary/aromatic N) is 1. The summed E-state index contributed by atoms with van der Waals surface area (Å²) < 4.78 is 24.5. The van der Waals surface area contributed by atoms with Gasteiger partial charge in [0, 0.05) is 25.9 Å². The summed E-state index contributed by atoms with van der Waals surface area (Å²) in [4.78, 5) is 13.7.